The second kappa shape index (κ2) is 5.54. The topological polar surface area (TPSA) is 75.6 Å². The molecular weight excluding hydrogens is 290 g/mol. The number of ether oxygens (including phenoxy) is 1. The normalized spacial score (nSPS) is 29.6. The third-order valence-electron chi connectivity index (χ3n) is 3.82. The monoisotopic (exact) mass is 305 g/mol. The number of aliphatic carboxylic acids is 1. The highest BCUT2D eigenvalue weighted by Crippen LogP contribution is 2.39. The number of thioether (sulfide) groups is 1. The first-order valence-electron chi connectivity index (χ1n) is 6.61. The minimum Gasteiger partial charge on any atom is -0.481 e. The van der Waals surface area contributed by atoms with Crippen LogP contribution in [0.2, 0.25) is 0 Å². The van der Waals surface area contributed by atoms with E-state index in [9.17, 15) is 14.7 Å². The molecule has 2 aliphatic rings. The highest BCUT2D eigenvalue weighted by molar-refractivity contribution is 7.98. The van der Waals surface area contributed by atoms with Gasteiger partial charge in [-0.1, -0.05) is 18.2 Å². The zero-order chi connectivity index (χ0) is 15.0. The summed E-state index contributed by atoms with van der Waals surface area (Å²) in [6, 6.07) is 7.45. The molecule has 1 aromatic carbocycles. The first-order valence-corrected chi connectivity index (χ1v) is 7.84. The molecule has 1 amide bonds. The number of rotatable bonds is 4. The van der Waals surface area contributed by atoms with Gasteiger partial charge in [0.05, 0.1) is 18.1 Å². The van der Waals surface area contributed by atoms with Gasteiger partial charge in [-0.3, -0.25) is 9.59 Å². The van der Waals surface area contributed by atoms with E-state index in [1.54, 1.807) is 30.0 Å². The van der Waals surface area contributed by atoms with E-state index >= 15 is 0 Å². The molecule has 4 atom stereocenters. The lowest BCUT2D eigenvalue weighted by atomic mass is 9.82. The van der Waals surface area contributed by atoms with Crippen molar-refractivity contribution in [3.63, 3.8) is 0 Å². The van der Waals surface area contributed by atoms with Gasteiger partial charge in [0.2, 0.25) is 5.91 Å². The maximum absolute atomic E-state index is 12.4. The zero-order valence-electron chi connectivity index (χ0n) is 11.4. The summed E-state index contributed by atoms with van der Waals surface area (Å²) in [4.78, 5) is 24.8. The predicted octanol–water partition coefficient (Wildman–Crippen LogP) is 2.00. The Labute approximate surface area is 126 Å². The number of hydrogen-bond donors (Lipinski definition) is 2. The Hall–Kier alpha value is -1.79. The molecule has 2 N–H and O–H groups in total. The van der Waals surface area contributed by atoms with Crippen molar-refractivity contribution < 1.29 is 19.4 Å². The van der Waals surface area contributed by atoms with Gasteiger partial charge in [-0.15, -0.1) is 11.8 Å². The molecule has 2 bridgehead atoms. The number of hydrogen-bond acceptors (Lipinski definition) is 4. The van der Waals surface area contributed by atoms with Crippen LogP contribution < -0.4 is 5.32 Å². The molecule has 1 saturated heterocycles. The van der Waals surface area contributed by atoms with Crippen LogP contribution in [0.5, 0.6) is 0 Å². The minimum atomic E-state index is -0.995. The van der Waals surface area contributed by atoms with Crippen LogP contribution >= 0.6 is 11.8 Å². The number of carbonyl (C=O) groups excluding carboxylic acids is 1. The fourth-order valence-electron chi connectivity index (χ4n) is 2.84. The van der Waals surface area contributed by atoms with Crippen molar-refractivity contribution >= 4 is 29.3 Å². The predicted molar refractivity (Wildman–Crippen MR) is 79.3 cm³/mol. The lowest BCUT2D eigenvalue weighted by molar-refractivity contribution is -0.145. The average molecular weight is 305 g/mol. The minimum absolute atomic E-state index is 0.308. The average Bonchev–Trinajstić information content (AvgIpc) is 3.07. The number of nitrogens with one attached hydrogen (secondary N) is 1. The number of carbonyl (C=O) groups is 2. The number of benzene rings is 1. The first kappa shape index (κ1) is 14.2. The quantitative estimate of drug-likeness (QED) is 0.657. The van der Waals surface area contributed by atoms with Crippen LogP contribution in [-0.2, 0) is 14.3 Å². The zero-order valence-corrected chi connectivity index (χ0v) is 12.2. The van der Waals surface area contributed by atoms with E-state index in [1.807, 2.05) is 24.5 Å². The summed E-state index contributed by atoms with van der Waals surface area (Å²) >= 11 is 1.58. The molecule has 0 saturated carbocycles. The first-order chi connectivity index (χ1) is 10.1. The Morgan fingerprint density at radius 3 is 2.62 bits per heavy atom. The van der Waals surface area contributed by atoms with Gasteiger partial charge in [-0.05, 0) is 24.5 Å². The molecule has 5 nitrogen and oxygen atoms in total. The third-order valence-corrected chi connectivity index (χ3v) is 4.55. The largest absolute Gasteiger partial charge is 0.481 e. The molecular formula is C15H15NO4S. The number of fused-ring (bicyclic) bond motifs is 2. The van der Waals surface area contributed by atoms with Gasteiger partial charge >= 0.3 is 5.97 Å². The SMILES string of the molecule is CSc1cccc(NC(=O)[C@@H]2[C@@H](C(=O)O)[C@@H]3C=C[C@H]2O3)c1. The molecule has 6 heteroatoms. The molecule has 1 fully saturated rings. The molecule has 2 heterocycles. The molecule has 0 aliphatic carbocycles. The van der Waals surface area contributed by atoms with E-state index in [4.69, 9.17) is 4.74 Å². The lowest BCUT2D eigenvalue weighted by Crippen LogP contribution is -2.39. The summed E-state index contributed by atoms with van der Waals surface area (Å²) in [7, 11) is 0. The maximum Gasteiger partial charge on any atom is 0.310 e. The number of carboxylic acid groups (broad SMARTS) is 1. The maximum atomic E-state index is 12.4. The van der Waals surface area contributed by atoms with E-state index in [1.165, 1.54) is 0 Å². The van der Waals surface area contributed by atoms with Crippen molar-refractivity contribution in [2.24, 2.45) is 11.8 Å². The van der Waals surface area contributed by atoms with Crippen LogP contribution in [0.25, 0.3) is 0 Å². The van der Waals surface area contributed by atoms with Gasteiger partial charge in [0.25, 0.3) is 0 Å². The van der Waals surface area contributed by atoms with Crippen molar-refractivity contribution in [2.45, 2.75) is 17.1 Å². The molecule has 2 aliphatic heterocycles. The second-order valence-electron chi connectivity index (χ2n) is 5.06. The van der Waals surface area contributed by atoms with Crippen LogP contribution in [0.3, 0.4) is 0 Å². The Morgan fingerprint density at radius 1 is 1.24 bits per heavy atom. The summed E-state index contributed by atoms with van der Waals surface area (Å²) in [6.07, 6.45) is 4.50. The number of carboxylic acids is 1. The molecule has 3 rings (SSSR count). The molecule has 0 radical (unpaired) electrons. The number of amides is 1. The summed E-state index contributed by atoms with van der Waals surface area (Å²) < 4.78 is 5.51. The van der Waals surface area contributed by atoms with Crippen molar-refractivity contribution in [3.8, 4) is 0 Å². The van der Waals surface area contributed by atoms with Gasteiger partial charge in [0.1, 0.15) is 5.92 Å². The van der Waals surface area contributed by atoms with Crippen LogP contribution in [-0.4, -0.2) is 35.4 Å². The van der Waals surface area contributed by atoms with Gasteiger partial charge in [-0.25, -0.2) is 0 Å². The third kappa shape index (κ3) is 2.56. The standard InChI is InChI=1S/C15H15NO4S/c1-21-9-4-2-3-8(7-9)16-14(17)12-10-5-6-11(20-10)13(12)15(18)19/h2-7,10-13H,1H3,(H,16,17)(H,18,19)/t10-,11+,12+,13+/m1/s1. The summed E-state index contributed by atoms with van der Waals surface area (Å²) in [5.74, 6) is -2.80. The molecule has 1 aromatic rings. The van der Waals surface area contributed by atoms with Crippen molar-refractivity contribution in [3.05, 3.63) is 36.4 Å². The fourth-order valence-corrected chi connectivity index (χ4v) is 3.30. The van der Waals surface area contributed by atoms with Crippen LogP contribution in [0.1, 0.15) is 0 Å². The van der Waals surface area contributed by atoms with Gasteiger partial charge < -0.3 is 15.2 Å². The smallest absolute Gasteiger partial charge is 0.310 e. The molecule has 0 unspecified atom stereocenters. The van der Waals surface area contributed by atoms with Crippen molar-refractivity contribution in [1.29, 1.82) is 0 Å². The Morgan fingerprint density at radius 2 is 1.95 bits per heavy atom. The summed E-state index contributed by atoms with van der Waals surface area (Å²) in [5.41, 5.74) is 0.669. The van der Waals surface area contributed by atoms with Crippen molar-refractivity contribution in [1.82, 2.24) is 0 Å². The summed E-state index contributed by atoms with van der Waals surface area (Å²) in [6.45, 7) is 0. The van der Waals surface area contributed by atoms with Crippen LogP contribution in [0.4, 0.5) is 5.69 Å². The van der Waals surface area contributed by atoms with E-state index in [-0.39, 0.29) is 5.91 Å². The van der Waals surface area contributed by atoms with E-state index in [2.05, 4.69) is 5.32 Å². The number of anilines is 1. The van der Waals surface area contributed by atoms with Crippen LogP contribution in [0, 0.1) is 11.8 Å². The van der Waals surface area contributed by atoms with Gasteiger partial charge in [-0.2, -0.15) is 0 Å². The van der Waals surface area contributed by atoms with Crippen LogP contribution in [0.15, 0.2) is 41.3 Å². The van der Waals surface area contributed by atoms with E-state index < -0.39 is 30.0 Å². The van der Waals surface area contributed by atoms with E-state index in [0.717, 1.165) is 4.90 Å². The molecule has 21 heavy (non-hydrogen) atoms. The molecule has 0 aromatic heterocycles. The summed E-state index contributed by atoms with van der Waals surface area (Å²) in [5, 5.41) is 12.1. The lowest BCUT2D eigenvalue weighted by Gasteiger charge is -2.21. The van der Waals surface area contributed by atoms with Gasteiger partial charge in [0.15, 0.2) is 0 Å². The van der Waals surface area contributed by atoms with E-state index in [0.29, 0.717) is 5.69 Å². The Balaban J connectivity index is 1.78. The Kier molecular flexibility index (Phi) is 3.73. The van der Waals surface area contributed by atoms with Gasteiger partial charge in [0, 0.05) is 10.6 Å². The Bertz CT molecular complexity index is 615. The fraction of sp³-hybridized carbons (Fsp3) is 0.333. The highest BCUT2D eigenvalue weighted by atomic mass is 32.2. The second-order valence-corrected chi connectivity index (χ2v) is 5.94. The highest BCUT2D eigenvalue weighted by Gasteiger charge is 2.53. The molecule has 0 spiro atoms. The van der Waals surface area contributed by atoms with Crippen molar-refractivity contribution in [2.75, 3.05) is 11.6 Å². The molecule has 110 valence electrons.